The van der Waals surface area contributed by atoms with E-state index in [0.29, 0.717) is 5.13 Å². The summed E-state index contributed by atoms with van der Waals surface area (Å²) < 4.78 is 5.10. The first-order valence-electron chi connectivity index (χ1n) is 7.46. The van der Waals surface area contributed by atoms with Crippen LogP contribution < -0.4 is 10.1 Å². The number of rotatable bonds is 5. The molecule has 1 heterocycles. The zero-order valence-corrected chi connectivity index (χ0v) is 14.4. The number of hydrogen-bond donors (Lipinski definition) is 3. The van der Waals surface area contributed by atoms with Crippen molar-refractivity contribution >= 4 is 28.3 Å². The van der Waals surface area contributed by atoms with Crippen LogP contribution in [0.5, 0.6) is 11.5 Å². The number of nitrogens with zero attached hydrogens (tertiary/aromatic N) is 1. The number of carbonyl (C=O) groups excluding carboxylic acids is 1. The largest absolute Gasteiger partial charge is 0.507 e. The van der Waals surface area contributed by atoms with E-state index in [4.69, 9.17) is 9.84 Å². The van der Waals surface area contributed by atoms with Gasteiger partial charge in [0, 0.05) is 6.20 Å². The summed E-state index contributed by atoms with van der Waals surface area (Å²) in [5.74, 6) is -1.47. The smallest absolute Gasteiger partial charge is 0.335 e. The number of ether oxygens (including phenoxy) is 1. The zero-order valence-electron chi connectivity index (χ0n) is 13.6. The minimum atomic E-state index is -0.995. The number of nitrogens with one attached hydrogen (secondary N) is 1. The van der Waals surface area contributed by atoms with Gasteiger partial charge in [-0.1, -0.05) is 29.5 Å². The number of phenolic OH excluding ortho intramolecular Hbond substituents is 1. The highest BCUT2D eigenvalue weighted by atomic mass is 32.1. The van der Waals surface area contributed by atoms with E-state index in [2.05, 4.69) is 10.3 Å². The summed E-state index contributed by atoms with van der Waals surface area (Å²) in [7, 11) is 1.41. The van der Waals surface area contributed by atoms with Gasteiger partial charge in [0.1, 0.15) is 17.1 Å². The number of phenols is 1. The number of aromatic carboxylic acids is 1. The van der Waals surface area contributed by atoms with Crippen LogP contribution >= 0.6 is 11.3 Å². The predicted molar refractivity (Wildman–Crippen MR) is 97.1 cm³/mol. The maximum atomic E-state index is 12.4. The van der Waals surface area contributed by atoms with Gasteiger partial charge in [-0.15, -0.1) is 0 Å². The molecule has 0 atom stereocenters. The number of thiazole rings is 1. The van der Waals surface area contributed by atoms with Crippen molar-refractivity contribution in [2.24, 2.45) is 0 Å². The fourth-order valence-corrected chi connectivity index (χ4v) is 3.14. The highest BCUT2D eigenvalue weighted by Crippen LogP contribution is 2.32. The first kappa shape index (κ1) is 17.4. The molecule has 0 aliphatic carbocycles. The van der Waals surface area contributed by atoms with E-state index in [0.717, 1.165) is 10.4 Å². The van der Waals surface area contributed by atoms with Crippen molar-refractivity contribution in [3.63, 3.8) is 0 Å². The summed E-state index contributed by atoms with van der Waals surface area (Å²) in [5, 5.41) is 21.8. The molecule has 0 unspecified atom stereocenters. The van der Waals surface area contributed by atoms with Crippen molar-refractivity contribution in [2.75, 3.05) is 12.4 Å². The number of anilines is 1. The van der Waals surface area contributed by atoms with Crippen LogP contribution in [0.3, 0.4) is 0 Å². The van der Waals surface area contributed by atoms with Gasteiger partial charge < -0.3 is 14.9 Å². The number of aromatic hydroxyl groups is 1. The Hall–Kier alpha value is -3.39. The standard InChI is InChI=1S/C18H14N2O5S/c1-25-13-4-2-3-12(21)15(13)16(22)20-18-19-9-14(26-18)10-5-7-11(8-6-10)17(23)24/h2-9,21H,1H3,(H,23,24)(H,19,20,22). The molecule has 0 radical (unpaired) electrons. The van der Waals surface area contributed by atoms with Crippen molar-refractivity contribution in [3.05, 3.63) is 59.8 Å². The van der Waals surface area contributed by atoms with Gasteiger partial charge in [0.25, 0.3) is 5.91 Å². The molecular weight excluding hydrogens is 356 g/mol. The minimum Gasteiger partial charge on any atom is -0.507 e. The summed E-state index contributed by atoms with van der Waals surface area (Å²) in [4.78, 5) is 28.2. The predicted octanol–water partition coefficient (Wildman–Crippen LogP) is 3.47. The highest BCUT2D eigenvalue weighted by Gasteiger charge is 2.18. The second-order valence-electron chi connectivity index (χ2n) is 5.22. The lowest BCUT2D eigenvalue weighted by atomic mass is 10.1. The summed E-state index contributed by atoms with van der Waals surface area (Å²) >= 11 is 1.23. The molecule has 3 rings (SSSR count). The molecular formula is C18H14N2O5S. The Balaban J connectivity index is 1.80. The lowest BCUT2D eigenvalue weighted by Gasteiger charge is -2.09. The molecule has 0 bridgehead atoms. The maximum Gasteiger partial charge on any atom is 0.335 e. The normalized spacial score (nSPS) is 10.3. The Kier molecular flexibility index (Phi) is 4.85. The second kappa shape index (κ2) is 7.24. The third-order valence-electron chi connectivity index (χ3n) is 3.59. The summed E-state index contributed by atoms with van der Waals surface area (Å²) in [5.41, 5.74) is 1.00. The van der Waals surface area contributed by atoms with Crippen LogP contribution in [0.4, 0.5) is 5.13 Å². The Labute approximate surface area is 152 Å². The number of carboxylic acids is 1. The molecule has 0 saturated carbocycles. The molecule has 1 aromatic heterocycles. The van der Waals surface area contributed by atoms with Gasteiger partial charge in [-0.25, -0.2) is 9.78 Å². The third-order valence-corrected chi connectivity index (χ3v) is 4.56. The molecule has 3 aromatic rings. The number of methoxy groups -OCH3 is 1. The van der Waals surface area contributed by atoms with Crippen LogP contribution in [0.15, 0.2) is 48.7 Å². The monoisotopic (exact) mass is 370 g/mol. The molecule has 26 heavy (non-hydrogen) atoms. The molecule has 0 spiro atoms. The average molecular weight is 370 g/mol. The Morgan fingerprint density at radius 2 is 1.88 bits per heavy atom. The molecule has 0 saturated heterocycles. The fraction of sp³-hybridized carbons (Fsp3) is 0.0556. The van der Waals surface area contributed by atoms with E-state index >= 15 is 0 Å². The number of carboxylic acid groups (broad SMARTS) is 1. The highest BCUT2D eigenvalue weighted by molar-refractivity contribution is 7.19. The fourth-order valence-electron chi connectivity index (χ4n) is 2.32. The van der Waals surface area contributed by atoms with Crippen molar-refractivity contribution < 1.29 is 24.5 Å². The summed E-state index contributed by atoms with van der Waals surface area (Å²) in [6.07, 6.45) is 1.58. The SMILES string of the molecule is COc1cccc(O)c1C(=O)Nc1ncc(-c2ccc(C(=O)O)cc2)s1. The van der Waals surface area contributed by atoms with Gasteiger partial charge in [0.05, 0.1) is 17.6 Å². The molecule has 2 aromatic carbocycles. The molecule has 8 heteroatoms. The van der Waals surface area contributed by atoms with E-state index in [1.54, 1.807) is 30.5 Å². The van der Waals surface area contributed by atoms with Gasteiger partial charge in [0.2, 0.25) is 0 Å². The van der Waals surface area contributed by atoms with E-state index in [-0.39, 0.29) is 22.6 Å². The van der Waals surface area contributed by atoms with Crippen molar-refractivity contribution in [3.8, 4) is 21.9 Å². The number of benzene rings is 2. The molecule has 132 valence electrons. The Morgan fingerprint density at radius 1 is 1.15 bits per heavy atom. The van der Waals surface area contributed by atoms with Crippen LogP contribution in [-0.4, -0.2) is 34.2 Å². The Morgan fingerprint density at radius 3 is 2.54 bits per heavy atom. The molecule has 0 fully saturated rings. The lowest BCUT2D eigenvalue weighted by Crippen LogP contribution is -2.13. The molecule has 0 aliphatic heterocycles. The summed E-state index contributed by atoms with van der Waals surface area (Å²) in [6.45, 7) is 0. The maximum absolute atomic E-state index is 12.4. The van der Waals surface area contributed by atoms with Crippen LogP contribution in [0.25, 0.3) is 10.4 Å². The number of amides is 1. The molecule has 3 N–H and O–H groups in total. The topological polar surface area (TPSA) is 109 Å². The van der Waals surface area contributed by atoms with Crippen LogP contribution in [0, 0.1) is 0 Å². The lowest BCUT2D eigenvalue weighted by molar-refractivity contribution is 0.0696. The van der Waals surface area contributed by atoms with E-state index in [1.165, 1.54) is 36.6 Å². The van der Waals surface area contributed by atoms with Crippen LogP contribution in [0.1, 0.15) is 20.7 Å². The first-order valence-corrected chi connectivity index (χ1v) is 8.28. The van der Waals surface area contributed by atoms with Gasteiger partial charge in [-0.05, 0) is 29.8 Å². The second-order valence-corrected chi connectivity index (χ2v) is 6.25. The van der Waals surface area contributed by atoms with Crippen molar-refractivity contribution in [1.82, 2.24) is 4.98 Å². The minimum absolute atomic E-state index is 0.0255. The van der Waals surface area contributed by atoms with E-state index in [9.17, 15) is 14.7 Å². The molecule has 7 nitrogen and oxygen atoms in total. The van der Waals surface area contributed by atoms with Crippen LogP contribution in [0.2, 0.25) is 0 Å². The Bertz CT molecular complexity index is 966. The van der Waals surface area contributed by atoms with Crippen molar-refractivity contribution in [2.45, 2.75) is 0 Å². The van der Waals surface area contributed by atoms with Crippen molar-refractivity contribution in [1.29, 1.82) is 0 Å². The molecule has 1 amide bonds. The van der Waals surface area contributed by atoms with Gasteiger partial charge >= 0.3 is 5.97 Å². The third kappa shape index (κ3) is 3.50. The van der Waals surface area contributed by atoms with Gasteiger partial charge in [-0.3, -0.25) is 10.1 Å². The first-order chi connectivity index (χ1) is 12.5. The van der Waals surface area contributed by atoms with Crippen LogP contribution in [-0.2, 0) is 0 Å². The number of carbonyl (C=O) groups is 2. The average Bonchev–Trinajstić information content (AvgIpc) is 3.09. The molecule has 0 aliphatic rings. The van der Waals surface area contributed by atoms with Gasteiger partial charge in [-0.2, -0.15) is 0 Å². The summed E-state index contributed by atoms with van der Waals surface area (Å²) in [6, 6.07) is 10.9. The zero-order chi connectivity index (χ0) is 18.7. The van der Waals surface area contributed by atoms with E-state index < -0.39 is 11.9 Å². The quantitative estimate of drug-likeness (QED) is 0.634. The van der Waals surface area contributed by atoms with Gasteiger partial charge in [0.15, 0.2) is 5.13 Å². The number of aromatic nitrogens is 1. The van der Waals surface area contributed by atoms with E-state index in [1.807, 2.05) is 0 Å². The number of hydrogen-bond acceptors (Lipinski definition) is 6.